The molecule has 0 aliphatic heterocycles. The summed E-state index contributed by atoms with van der Waals surface area (Å²) in [6.45, 7) is 0. The molecule has 3 rings (SSSR count). The molecule has 1 aromatic heterocycles. The van der Waals surface area contributed by atoms with Gasteiger partial charge >= 0.3 is 17.8 Å². The smallest absolute Gasteiger partial charge is 0.337 e. The molecule has 0 unspecified atom stereocenters. The molecule has 1 heterocycles. The number of nitrogens with one attached hydrogen (secondary N) is 1. The van der Waals surface area contributed by atoms with E-state index in [1.165, 1.54) is 31.4 Å². The summed E-state index contributed by atoms with van der Waals surface area (Å²) in [4.78, 5) is 23.7. The number of anilines is 1. The Morgan fingerprint density at radius 1 is 1.12 bits per heavy atom. The molecule has 1 amide bonds. The van der Waals surface area contributed by atoms with Gasteiger partial charge in [0.25, 0.3) is 0 Å². The van der Waals surface area contributed by atoms with Crippen LogP contribution in [0.3, 0.4) is 0 Å². The molecule has 8 heteroatoms. The zero-order chi connectivity index (χ0) is 17.8. The number of nitrogens with zero attached hydrogens (tertiary/aromatic N) is 2. The second kappa shape index (κ2) is 6.91. The molecule has 0 aliphatic rings. The standard InChI is InChI=1S/C17H12FN3O4/c1-24-17(23)11-5-3-7-13(9-11)19-14(22)16-21-20-15(25-16)10-4-2-6-12(18)8-10/h2-9H,1H3,(H,19,22). The third kappa shape index (κ3) is 3.69. The monoisotopic (exact) mass is 341 g/mol. The van der Waals surface area contributed by atoms with E-state index in [1.54, 1.807) is 24.3 Å². The third-order valence-electron chi connectivity index (χ3n) is 3.23. The Hall–Kier alpha value is -3.55. The van der Waals surface area contributed by atoms with Crippen LogP contribution in [0.5, 0.6) is 0 Å². The first-order valence-corrected chi connectivity index (χ1v) is 7.16. The van der Waals surface area contributed by atoms with Gasteiger partial charge in [0.1, 0.15) is 5.82 Å². The number of carbonyl (C=O) groups is 2. The van der Waals surface area contributed by atoms with Gasteiger partial charge in [0.15, 0.2) is 0 Å². The van der Waals surface area contributed by atoms with Crippen molar-refractivity contribution in [2.45, 2.75) is 0 Å². The molecule has 0 spiro atoms. The number of hydrogen-bond acceptors (Lipinski definition) is 6. The molecular weight excluding hydrogens is 329 g/mol. The summed E-state index contributed by atoms with van der Waals surface area (Å²) in [5.41, 5.74) is 1.00. The number of benzene rings is 2. The van der Waals surface area contributed by atoms with E-state index >= 15 is 0 Å². The largest absolute Gasteiger partial charge is 0.465 e. The normalized spacial score (nSPS) is 10.3. The minimum Gasteiger partial charge on any atom is -0.465 e. The quantitative estimate of drug-likeness (QED) is 0.733. The van der Waals surface area contributed by atoms with Gasteiger partial charge in [-0.3, -0.25) is 4.79 Å². The van der Waals surface area contributed by atoms with Crippen LogP contribution in [0.4, 0.5) is 10.1 Å². The number of hydrogen-bond donors (Lipinski definition) is 1. The fourth-order valence-electron chi connectivity index (χ4n) is 2.08. The van der Waals surface area contributed by atoms with E-state index in [0.717, 1.165) is 0 Å². The molecule has 0 fully saturated rings. The minimum atomic E-state index is -0.655. The van der Waals surface area contributed by atoms with Crippen LogP contribution >= 0.6 is 0 Å². The lowest BCUT2D eigenvalue weighted by Crippen LogP contribution is -2.13. The van der Waals surface area contributed by atoms with Crippen molar-refractivity contribution in [3.05, 3.63) is 65.8 Å². The topological polar surface area (TPSA) is 94.3 Å². The van der Waals surface area contributed by atoms with E-state index < -0.39 is 17.7 Å². The van der Waals surface area contributed by atoms with E-state index in [2.05, 4.69) is 20.3 Å². The summed E-state index contributed by atoms with van der Waals surface area (Å²) in [5, 5.41) is 9.92. The van der Waals surface area contributed by atoms with Crippen LogP contribution in [0, 0.1) is 5.82 Å². The number of amides is 1. The lowest BCUT2D eigenvalue weighted by atomic mass is 10.2. The Morgan fingerprint density at radius 2 is 1.92 bits per heavy atom. The minimum absolute atomic E-state index is 0.0213. The highest BCUT2D eigenvalue weighted by molar-refractivity contribution is 6.01. The van der Waals surface area contributed by atoms with Crippen molar-refractivity contribution in [3.63, 3.8) is 0 Å². The van der Waals surface area contributed by atoms with E-state index in [4.69, 9.17) is 4.42 Å². The highest BCUT2D eigenvalue weighted by Gasteiger charge is 2.17. The Morgan fingerprint density at radius 3 is 2.68 bits per heavy atom. The lowest BCUT2D eigenvalue weighted by Gasteiger charge is -2.04. The highest BCUT2D eigenvalue weighted by atomic mass is 19.1. The fraction of sp³-hybridized carbons (Fsp3) is 0.0588. The van der Waals surface area contributed by atoms with E-state index in [9.17, 15) is 14.0 Å². The maximum absolute atomic E-state index is 13.2. The van der Waals surface area contributed by atoms with Crippen molar-refractivity contribution >= 4 is 17.6 Å². The van der Waals surface area contributed by atoms with Crippen LogP contribution in [-0.4, -0.2) is 29.2 Å². The number of ether oxygens (including phenoxy) is 1. The van der Waals surface area contributed by atoms with Gasteiger partial charge in [-0.2, -0.15) is 0 Å². The van der Waals surface area contributed by atoms with Gasteiger partial charge in [-0.1, -0.05) is 12.1 Å². The average Bonchev–Trinajstić information content (AvgIpc) is 3.11. The number of halogens is 1. The van der Waals surface area contributed by atoms with Crippen LogP contribution in [0.1, 0.15) is 21.0 Å². The summed E-state index contributed by atoms with van der Waals surface area (Å²) in [7, 11) is 1.26. The van der Waals surface area contributed by atoms with Gasteiger partial charge in [-0.25, -0.2) is 9.18 Å². The molecule has 0 atom stereocenters. The molecule has 0 radical (unpaired) electrons. The highest BCUT2D eigenvalue weighted by Crippen LogP contribution is 2.19. The maximum atomic E-state index is 13.2. The predicted octanol–water partition coefficient (Wildman–Crippen LogP) is 2.91. The van der Waals surface area contributed by atoms with Gasteiger partial charge in [0.05, 0.1) is 12.7 Å². The van der Waals surface area contributed by atoms with Crippen LogP contribution in [0.15, 0.2) is 52.9 Å². The average molecular weight is 341 g/mol. The first-order chi connectivity index (χ1) is 12.1. The maximum Gasteiger partial charge on any atom is 0.337 e. The van der Waals surface area contributed by atoms with Crippen LogP contribution < -0.4 is 5.32 Å². The molecule has 3 aromatic rings. The van der Waals surface area contributed by atoms with E-state index in [1.807, 2.05) is 0 Å². The van der Waals surface area contributed by atoms with E-state index in [0.29, 0.717) is 11.3 Å². The molecule has 0 aliphatic carbocycles. The molecule has 7 nitrogen and oxygen atoms in total. The summed E-state index contributed by atoms with van der Waals surface area (Å²) < 4.78 is 23.1. The second-order valence-electron chi connectivity index (χ2n) is 4.95. The van der Waals surface area contributed by atoms with Gasteiger partial charge < -0.3 is 14.5 Å². The zero-order valence-corrected chi connectivity index (χ0v) is 13.0. The third-order valence-corrected chi connectivity index (χ3v) is 3.23. The number of carbonyl (C=O) groups excluding carboxylic acids is 2. The van der Waals surface area contributed by atoms with Crippen molar-refractivity contribution in [2.24, 2.45) is 0 Å². The van der Waals surface area contributed by atoms with Crippen molar-refractivity contribution in [3.8, 4) is 11.5 Å². The molecule has 1 N–H and O–H groups in total. The molecule has 0 saturated heterocycles. The number of rotatable bonds is 4. The van der Waals surface area contributed by atoms with E-state index in [-0.39, 0.29) is 17.3 Å². The molecule has 126 valence electrons. The number of esters is 1. The van der Waals surface area contributed by atoms with Crippen LogP contribution in [0.2, 0.25) is 0 Å². The summed E-state index contributed by atoms with van der Waals surface area (Å²) in [5.74, 6) is -1.91. The Kier molecular flexibility index (Phi) is 4.51. The fourth-order valence-corrected chi connectivity index (χ4v) is 2.08. The molecule has 0 saturated carbocycles. The van der Waals surface area contributed by atoms with Gasteiger partial charge in [0, 0.05) is 11.3 Å². The SMILES string of the molecule is COC(=O)c1cccc(NC(=O)c2nnc(-c3cccc(F)c3)o2)c1. The molecule has 0 bridgehead atoms. The zero-order valence-electron chi connectivity index (χ0n) is 13.0. The second-order valence-corrected chi connectivity index (χ2v) is 4.95. The number of aromatic nitrogens is 2. The summed E-state index contributed by atoms with van der Waals surface area (Å²) in [6.07, 6.45) is 0. The first-order valence-electron chi connectivity index (χ1n) is 7.16. The predicted molar refractivity (Wildman–Crippen MR) is 85.4 cm³/mol. The lowest BCUT2D eigenvalue weighted by molar-refractivity contribution is 0.0600. The summed E-state index contributed by atoms with van der Waals surface area (Å²) >= 11 is 0. The Bertz CT molecular complexity index is 939. The van der Waals surface area contributed by atoms with Gasteiger partial charge in [-0.15, -0.1) is 10.2 Å². The van der Waals surface area contributed by atoms with Crippen molar-refractivity contribution in [1.82, 2.24) is 10.2 Å². The van der Waals surface area contributed by atoms with Gasteiger partial charge in [-0.05, 0) is 36.4 Å². The van der Waals surface area contributed by atoms with Crippen LogP contribution in [-0.2, 0) is 4.74 Å². The van der Waals surface area contributed by atoms with Gasteiger partial charge in [0.2, 0.25) is 5.89 Å². The Labute approximate surface area is 141 Å². The van der Waals surface area contributed by atoms with Crippen molar-refractivity contribution in [2.75, 3.05) is 12.4 Å². The van der Waals surface area contributed by atoms with Crippen molar-refractivity contribution in [1.29, 1.82) is 0 Å². The number of methoxy groups -OCH3 is 1. The summed E-state index contributed by atoms with van der Waals surface area (Å²) in [6, 6.07) is 11.8. The molecule has 25 heavy (non-hydrogen) atoms. The Balaban J connectivity index is 1.77. The molecule has 2 aromatic carbocycles. The molecular formula is C17H12FN3O4. The van der Waals surface area contributed by atoms with Crippen LogP contribution in [0.25, 0.3) is 11.5 Å². The first kappa shape index (κ1) is 16.3. The van der Waals surface area contributed by atoms with Crippen molar-refractivity contribution < 1.29 is 23.1 Å².